The van der Waals surface area contributed by atoms with Gasteiger partial charge in [0.1, 0.15) is 84.5 Å². The average molecular weight is 1820 g/mol. The number of pyridine rings is 3. The Morgan fingerprint density at radius 1 is 0.435 bits per heavy atom. The van der Waals surface area contributed by atoms with Gasteiger partial charge in [0.15, 0.2) is 0 Å². The van der Waals surface area contributed by atoms with E-state index in [-0.39, 0.29) is 86.7 Å². The zero-order chi connectivity index (χ0) is 90.2. The number of anilines is 3. The summed E-state index contributed by atoms with van der Waals surface area (Å²) in [4.78, 5) is 169. The maximum atomic E-state index is 13.0. The maximum Gasteiger partial charge on any atom is 0.410 e. The van der Waals surface area contributed by atoms with Crippen LogP contribution in [0.2, 0.25) is 0 Å². The number of amides is 10. The van der Waals surface area contributed by atoms with Crippen molar-refractivity contribution in [3.8, 4) is 17.2 Å². The maximum absolute atomic E-state index is 13.0. The van der Waals surface area contributed by atoms with Crippen molar-refractivity contribution in [1.82, 2.24) is 75.4 Å². The number of carbonyl (C=O) groups is 11. The molecule has 3 aromatic carbocycles. The first-order valence-electron chi connectivity index (χ1n) is 46.3. The molecule has 15 heterocycles. The van der Waals surface area contributed by atoms with Crippen LogP contribution in [0, 0.1) is 0 Å². The molecule has 9 fully saturated rings. The molecule has 4 N–H and O–H groups in total. The van der Waals surface area contributed by atoms with Gasteiger partial charge < -0.3 is 68.3 Å². The predicted molar refractivity (Wildman–Crippen MR) is 496 cm³/mol. The molecule has 12 aliphatic heterocycles. The molecular weight excluding hydrogens is 1690 g/mol. The second-order valence-electron chi connectivity index (χ2n) is 36.4. The zero-order valence-corrected chi connectivity index (χ0v) is 76.3. The molecule has 18 rings (SSSR count). The van der Waals surface area contributed by atoms with Gasteiger partial charge in [-0.2, -0.15) is 0 Å². The Kier molecular flexibility index (Phi) is 33.6. The van der Waals surface area contributed by atoms with E-state index in [4.69, 9.17) is 38.7 Å². The van der Waals surface area contributed by atoms with Gasteiger partial charge in [-0.05, 0) is 218 Å². The van der Waals surface area contributed by atoms with Crippen molar-refractivity contribution < 1.29 is 71.7 Å². The third kappa shape index (κ3) is 24.8. The van der Waals surface area contributed by atoms with E-state index in [9.17, 15) is 47.9 Å². The fraction of sp³-hybridized carbons (Fsp3) is 0.546. The van der Waals surface area contributed by atoms with Crippen LogP contribution in [0.4, 0.5) is 22.2 Å². The quantitative estimate of drug-likeness (QED) is 0.0364. The first-order chi connectivity index (χ1) is 62.5. The lowest BCUT2D eigenvalue weighted by Crippen LogP contribution is -2.52. The molecule has 0 radical (unpaired) electrons. The van der Waals surface area contributed by atoms with Crippen molar-refractivity contribution in [3.63, 3.8) is 0 Å². The topological polar surface area (TPSA) is 347 Å². The van der Waals surface area contributed by atoms with E-state index >= 15 is 0 Å². The van der Waals surface area contributed by atoms with E-state index in [0.717, 1.165) is 188 Å². The molecule has 0 saturated carbocycles. The number of carbonyl (C=O) groups excluding carboxylic acids is 11. The number of imide groups is 3. The van der Waals surface area contributed by atoms with Crippen molar-refractivity contribution in [2.75, 3.05) is 139 Å². The lowest BCUT2D eigenvalue weighted by atomic mass is 10.0. The summed E-state index contributed by atoms with van der Waals surface area (Å²) < 4.78 is 24.3. The van der Waals surface area contributed by atoms with Crippen molar-refractivity contribution >= 4 is 95.4 Å². The lowest BCUT2D eigenvalue weighted by molar-refractivity contribution is -0.138. The monoisotopic (exact) mass is 1820 g/mol. The molecular formula is C97H129ClN18O15. The normalized spacial score (nSPS) is 22.7. The summed E-state index contributed by atoms with van der Waals surface area (Å²) in [5, 5.41) is 10.4. The molecule has 704 valence electrons. The summed E-state index contributed by atoms with van der Waals surface area (Å²) in [6, 6.07) is 28.6. The van der Waals surface area contributed by atoms with Crippen LogP contribution >= 0.6 is 12.4 Å². The first-order valence-corrected chi connectivity index (χ1v) is 46.3. The number of aromatic nitrogens is 3. The molecule has 3 unspecified atom stereocenters. The summed E-state index contributed by atoms with van der Waals surface area (Å²) >= 11 is 0. The number of likely N-dealkylation sites (N-methyl/N-ethyl adjacent to an activating group) is 1. The molecule has 0 spiro atoms. The van der Waals surface area contributed by atoms with Crippen LogP contribution in [-0.4, -0.2) is 286 Å². The molecule has 9 saturated heterocycles. The second kappa shape index (κ2) is 45.3. The Labute approximate surface area is 774 Å². The smallest absolute Gasteiger partial charge is 0.410 e. The lowest BCUT2D eigenvalue weighted by Gasteiger charge is -2.36. The highest BCUT2D eigenvalue weighted by atomic mass is 35.5. The molecule has 0 aliphatic carbocycles. The number of aldehydes is 1. The third-order valence-corrected chi connectivity index (χ3v) is 26.5. The van der Waals surface area contributed by atoms with Gasteiger partial charge in [0.2, 0.25) is 35.4 Å². The number of likely N-dealkylation sites (tertiary alicyclic amines) is 3. The van der Waals surface area contributed by atoms with Crippen molar-refractivity contribution in [2.24, 2.45) is 0 Å². The fourth-order valence-corrected chi connectivity index (χ4v) is 19.3. The minimum Gasteiger partial charge on any atom is -0.492 e. The van der Waals surface area contributed by atoms with E-state index in [2.05, 4.69) is 98.9 Å². The van der Waals surface area contributed by atoms with Crippen LogP contribution < -0.4 is 50.2 Å². The Hall–Kier alpha value is -11.2. The van der Waals surface area contributed by atoms with Gasteiger partial charge in [-0.1, -0.05) is 51.8 Å². The first kappa shape index (κ1) is 97.3. The van der Waals surface area contributed by atoms with Crippen LogP contribution in [0.1, 0.15) is 203 Å². The van der Waals surface area contributed by atoms with Gasteiger partial charge in [-0.3, -0.25) is 73.8 Å². The van der Waals surface area contributed by atoms with Crippen LogP contribution in [0.5, 0.6) is 17.2 Å². The number of nitrogens with zero attached hydrogens (tertiary/aromatic N) is 14. The number of fused-ring (bicyclic) bond motifs is 3. The zero-order valence-electron chi connectivity index (χ0n) is 75.5. The number of hydrogen-bond donors (Lipinski definition) is 4. The number of benzene rings is 3. The molecule has 6 aromatic rings. The summed E-state index contributed by atoms with van der Waals surface area (Å²) in [5.41, 5.74) is 7.42. The summed E-state index contributed by atoms with van der Waals surface area (Å²) in [7, 11) is 0. The fourth-order valence-electron chi connectivity index (χ4n) is 19.3. The predicted octanol–water partition coefficient (Wildman–Crippen LogP) is 8.70. The molecule has 10 amide bonds. The van der Waals surface area contributed by atoms with Crippen LogP contribution in [0.15, 0.2) is 110 Å². The number of nitrogens with one attached hydrogen (secondary N) is 4. The van der Waals surface area contributed by atoms with Crippen LogP contribution in [0.3, 0.4) is 0 Å². The van der Waals surface area contributed by atoms with E-state index in [0.29, 0.717) is 119 Å². The molecule has 3 aromatic heterocycles. The number of piperazine rings is 3. The van der Waals surface area contributed by atoms with Crippen LogP contribution in [0.25, 0.3) is 0 Å². The van der Waals surface area contributed by atoms with Gasteiger partial charge in [0, 0.05) is 190 Å². The van der Waals surface area contributed by atoms with Gasteiger partial charge in [0.25, 0.3) is 17.7 Å². The summed E-state index contributed by atoms with van der Waals surface area (Å²) in [6.45, 7) is 29.5. The minimum absolute atomic E-state index is 0. The highest BCUT2D eigenvalue weighted by Crippen LogP contribution is 2.36. The largest absolute Gasteiger partial charge is 0.492 e. The summed E-state index contributed by atoms with van der Waals surface area (Å²) in [6.07, 6.45) is 18.5. The SMILES string of the molecule is C.CC(C)(C)OC(=O)N1CCN(c2ccc(CN3CCCC[C@@H]3COc3ccc4c(c3)CN(C3CCC(=O)NC3=O)C4=O)cn2)CC1.CC=O.CCN1CCN(c2ccc(CN3CCCC[C@@H]3COc3ccc4c(c3)CN(C3CCC(=O)NC3=O)C4=O)cn2)CC1.Cl.O=C1CCC(N2Cc3cc(OC[C@H]4CCCCN4Cc4ccc(N5CCNCC5)nc4)ccc3C2=O)C(=O)N1. The third-order valence-electron chi connectivity index (χ3n) is 26.5. The van der Waals surface area contributed by atoms with Gasteiger partial charge in [-0.25, -0.2) is 19.7 Å². The standard InChI is InChI=1S/C34H44N6O6.C31H40N6O4.C29H36N6O4.C2H4O.CH4.ClH/c1-34(2,3)46-33(44)38-16-14-37(15-17-38)29-11-7-23(19-35-29)20-39-13-5-4-6-25(39)22-45-26-8-9-27-24(18-26)21-40(32(27)43)28-10-12-30(41)36-31(28)42;1-2-34-13-15-35(16-14-34)28-10-6-22(18-32-28)19-36-12-4-3-5-24(36)21-41-25-7-8-26-23(17-25)20-37(31(26)40)27-9-11-29(38)33-30(27)39;36-27-9-7-25(28(37)32-27)35-18-21-15-23(5-6-24(21)29(35)38)39-19-22-3-1-2-12-34(22)17-20-4-8-26(31-16-20)33-13-10-30-11-14-33;1-2-3;;/h7-9,11,18-19,25,28H,4-6,10,12-17,20-22H2,1-3H3,(H,36,41,42);6-8,10,17-18,24,27H,2-5,9,11-16,19-21H2,1H3,(H,33,38,39);4-6,8,15-16,22,25,30H,1-3,7,9-14,17-19H2,(H,32,36,37);2H,1H3;1H4;1H/t25-,28?;24-,27?;22-,25?;;;/m111.../s1. The van der Waals surface area contributed by atoms with Gasteiger partial charge >= 0.3 is 6.09 Å². The molecule has 0 bridgehead atoms. The molecule has 33 nitrogen and oxygen atoms in total. The van der Waals surface area contributed by atoms with Gasteiger partial charge in [0.05, 0.1) is 0 Å². The molecule has 34 heteroatoms. The number of halogens is 1. The van der Waals surface area contributed by atoms with Gasteiger partial charge in [-0.15, -0.1) is 12.4 Å². The minimum atomic E-state index is -0.629. The number of rotatable bonds is 22. The van der Waals surface area contributed by atoms with E-state index < -0.39 is 41.4 Å². The van der Waals surface area contributed by atoms with Crippen molar-refractivity contribution in [3.05, 3.63) is 160 Å². The highest BCUT2D eigenvalue weighted by molar-refractivity contribution is 6.07. The summed E-state index contributed by atoms with van der Waals surface area (Å²) in [5.74, 6) is 2.64. The Bertz CT molecular complexity index is 5000. The molecule has 131 heavy (non-hydrogen) atoms. The average Bonchev–Trinajstić information content (AvgIpc) is 1.64. The Balaban J connectivity index is 0.000000164. The number of hydrogen-bond acceptors (Lipinski definition) is 26. The second-order valence-corrected chi connectivity index (χ2v) is 36.4. The van der Waals surface area contributed by atoms with Crippen molar-refractivity contribution in [2.45, 2.75) is 219 Å². The molecule has 6 atom stereocenters. The van der Waals surface area contributed by atoms with E-state index in [1.807, 2.05) is 75.8 Å². The number of piperidine rings is 6. The Morgan fingerprint density at radius 3 is 1.07 bits per heavy atom. The number of ether oxygens (including phenoxy) is 4. The van der Waals surface area contributed by atoms with E-state index in [1.54, 1.807) is 37.8 Å². The Morgan fingerprint density at radius 2 is 0.763 bits per heavy atom. The van der Waals surface area contributed by atoms with Crippen LogP contribution in [-0.2, 0) is 77.6 Å². The molecule has 12 aliphatic rings. The van der Waals surface area contributed by atoms with Crippen molar-refractivity contribution in [1.29, 1.82) is 0 Å². The highest BCUT2D eigenvalue weighted by Gasteiger charge is 2.44. The van der Waals surface area contributed by atoms with E-state index in [1.165, 1.54) is 43.7 Å².